The SMILES string of the molecule is OC(Cl)[C@H]1CC=CC[C@H]1Br. The Kier molecular flexibility index (Phi) is 3.21. The fraction of sp³-hybridized carbons (Fsp3) is 0.714. The fourth-order valence-electron chi connectivity index (χ4n) is 1.09. The van der Waals surface area contributed by atoms with Gasteiger partial charge in [0.2, 0.25) is 0 Å². The number of rotatable bonds is 1. The van der Waals surface area contributed by atoms with Gasteiger partial charge < -0.3 is 5.11 Å². The van der Waals surface area contributed by atoms with Crippen LogP contribution in [-0.2, 0) is 0 Å². The van der Waals surface area contributed by atoms with E-state index in [4.69, 9.17) is 16.7 Å². The van der Waals surface area contributed by atoms with E-state index in [1.807, 2.05) is 0 Å². The summed E-state index contributed by atoms with van der Waals surface area (Å²) in [7, 11) is 0. The third-order valence-corrected chi connectivity index (χ3v) is 3.13. The highest BCUT2D eigenvalue weighted by atomic mass is 79.9. The zero-order valence-electron chi connectivity index (χ0n) is 5.50. The van der Waals surface area contributed by atoms with Crippen molar-refractivity contribution in [1.29, 1.82) is 0 Å². The van der Waals surface area contributed by atoms with Crippen molar-refractivity contribution in [2.45, 2.75) is 23.2 Å². The van der Waals surface area contributed by atoms with Crippen molar-refractivity contribution in [3.63, 3.8) is 0 Å². The smallest absolute Gasteiger partial charge is 0.132 e. The molecule has 3 atom stereocenters. The van der Waals surface area contributed by atoms with E-state index >= 15 is 0 Å². The van der Waals surface area contributed by atoms with Gasteiger partial charge in [-0.2, -0.15) is 0 Å². The standard InChI is InChI=1S/C7H10BrClO/c8-6-4-2-1-3-5(6)7(9)10/h1-2,5-7,10H,3-4H2/t5-,6+,7?/m0/s1. The lowest BCUT2D eigenvalue weighted by Crippen LogP contribution is -2.25. The molecule has 0 saturated heterocycles. The van der Waals surface area contributed by atoms with Crippen LogP contribution in [0.1, 0.15) is 12.8 Å². The van der Waals surface area contributed by atoms with Crippen molar-refractivity contribution in [2.24, 2.45) is 5.92 Å². The molecule has 0 spiro atoms. The van der Waals surface area contributed by atoms with E-state index in [0.29, 0.717) is 4.83 Å². The molecule has 3 heteroatoms. The lowest BCUT2D eigenvalue weighted by atomic mass is 9.95. The molecule has 1 aliphatic rings. The minimum Gasteiger partial charge on any atom is -0.377 e. The van der Waals surface area contributed by atoms with Crippen molar-refractivity contribution in [3.8, 4) is 0 Å². The Morgan fingerprint density at radius 2 is 2.10 bits per heavy atom. The molecule has 58 valence electrons. The molecule has 1 unspecified atom stereocenters. The Balaban J connectivity index is 2.51. The maximum absolute atomic E-state index is 9.05. The van der Waals surface area contributed by atoms with Gasteiger partial charge in [-0.25, -0.2) is 0 Å². The van der Waals surface area contributed by atoms with Crippen LogP contribution in [0.25, 0.3) is 0 Å². The highest BCUT2D eigenvalue weighted by Gasteiger charge is 2.25. The molecule has 1 rings (SSSR count). The summed E-state index contributed by atoms with van der Waals surface area (Å²) in [5.41, 5.74) is -0.714. The molecule has 0 aromatic carbocycles. The summed E-state index contributed by atoms with van der Waals surface area (Å²) < 4.78 is 0. The number of halogens is 2. The second kappa shape index (κ2) is 3.74. The average Bonchev–Trinajstić information content (AvgIpc) is 1.88. The molecule has 0 saturated carbocycles. The van der Waals surface area contributed by atoms with Gasteiger partial charge >= 0.3 is 0 Å². The molecule has 1 N–H and O–H groups in total. The molecule has 0 bridgehead atoms. The van der Waals surface area contributed by atoms with Crippen LogP contribution < -0.4 is 0 Å². The van der Waals surface area contributed by atoms with Gasteiger partial charge in [0.25, 0.3) is 0 Å². The summed E-state index contributed by atoms with van der Waals surface area (Å²) in [4.78, 5) is 0.338. The van der Waals surface area contributed by atoms with Crippen molar-refractivity contribution in [2.75, 3.05) is 0 Å². The number of hydrogen-bond acceptors (Lipinski definition) is 1. The molecule has 0 heterocycles. The average molecular weight is 226 g/mol. The zero-order chi connectivity index (χ0) is 7.56. The van der Waals surface area contributed by atoms with Crippen LogP contribution >= 0.6 is 27.5 Å². The Morgan fingerprint density at radius 1 is 1.50 bits per heavy atom. The molecule has 0 radical (unpaired) electrons. The van der Waals surface area contributed by atoms with Gasteiger partial charge in [-0.3, -0.25) is 0 Å². The molecular weight excluding hydrogens is 215 g/mol. The summed E-state index contributed by atoms with van der Waals surface area (Å²) >= 11 is 9.00. The summed E-state index contributed by atoms with van der Waals surface area (Å²) in [6.45, 7) is 0. The second-order valence-corrected chi connectivity index (χ2v) is 4.12. The molecule has 1 nitrogen and oxygen atoms in total. The van der Waals surface area contributed by atoms with Gasteiger partial charge in [0.1, 0.15) is 5.56 Å². The predicted molar refractivity (Wildman–Crippen MR) is 46.4 cm³/mol. The molecule has 0 fully saturated rings. The summed E-state index contributed by atoms with van der Waals surface area (Å²) in [6.07, 6.45) is 6.01. The largest absolute Gasteiger partial charge is 0.377 e. The van der Waals surface area contributed by atoms with Gasteiger partial charge in [-0.1, -0.05) is 39.7 Å². The third kappa shape index (κ3) is 1.97. The van der Waals surface area contributed by atoms with Crippen LogP contribution in [0.5, 0.6) is 0 Å². The van der Waals surface area contributed by atoms with Crippen LogP contribution in [-0.4, -0.2) is 15.5 Å². The lowest BCUT2D eigenvalue weighted by Gasteiger charge is -2.24. The van der Waals surface area contributed by atoms with Crippen LogP contribution in [0.2, 0.25) is 0 Å². The molecular formula is C7H10BrClO. The molecule has 0 amide bonds. The van der Waals surface area contributed by atoms with E-state index in [-0.39, 0.29) is 5.92 Å². The first-order chi connectivity index (χ1) is 4.72. The lowest BCUT2D eigenvalue weighted by molar-refractivity contribution is 0.181. The van der Waals surface area contributed by atoms with Crippen LogP contribution in [0.3, 0.4) is 0 Å². The molecule has 0 aromatic heterocycles. The monoisotopic (exact) mass is 224 g/mol. The predicted octanol–water partition coefficient (Wildman–Crippen LogP) is 2.27. The number of alkyl halides is 2. The molecule has 10 heavy (non-hydrogen) atoms. The minimum atomic E-state index is -0.714. The van der Waals surface area contributed by atoms with E-state index in [0.717, 1.165) is 12.8 Å². The topological polar surface area (TPSA) is 20.2 Å². The third-order valence-electron chi connectivity index (χ3n) is 1.75. The zero-order valence-corrected chi connectivity index (χ0v) is 7.85. The van der Waals surface area contributed by atoms with Gasteiger partial charge in [-0.15, -0.1) is 0 Å². The Labute approximate surface area is 74.2 Å². The van der Waals surface area contributed by atoms with Gasteiger partial charge in [0.05, 0.1) is 0 Å². The van der Waals surface area contributed by atoms with E-state index in [1.54, 1.807) is 0 Å². The van der Waals surface area contributed by atoms with Crippen molar-refractivity contribution >= 4 is 27.5 Å². The van der Waals surface area contributed by atoms with Crippen LogP contribution in [0.15, 0.2) is 12.2 Å². The first-order valence-corrected chi connectivity index (χ1v) is 4.68. The van der Waals surface area contributed by atoms with Gasteiger partial charge in [0, 0.05) is 10.7 Å². The van der Waals surface area contributed by atoms with Crippen LogP contribution in [0.4, 0.5) is 0 Å². The van der Waals surface area contributed by atoms with Gasteiger partial charge in [0.15, 0.2) is 0 Å². The van der Waals surface area contributed by atoms with E-state index in [9.17, 15) is 0 Å². The first-order valence-electron chi connectivity index (χ1n) is 3.33. The Morgan fingerprint density at radius 3 is 2.50 bits per heavy atom. The normalized spacial score (nSPS) is 35.9. The number of aliphatic hydroxyl groups is 1. The van der Waals surface area contributed by atoms with Gasteiger partial charge in [-0.05, 0) is 12.8 Å². The van der Waals surface area contributed by atoms with E-state index in [1.165, 1.54) is 0 Å². The van der Waals surface area contributed by atoms with Crippen molar-refractivity contribution in [3.05, 3.63) is 12.2 Å². The molecule has 1 aliphatic carbocycles. The summed E-state index contributed by atoms with van der Waals surface area (Å²) in [5.74, 6) is 0.173. The first kappa shape index (κ1) is 8.57. The quantitative estimate of drug-likeness (QED) is 0.536. The summed E-state index contributed by atoms with van der Waals surface area (Å²) in [5, 5.41) is 9.05. The fourth-order valence-corrected chi connectivity index (χ4v) is 2.26. The van der Waals surface area contributed by atoms with Crippen molar-refractivity contribution in [1.82, 2.24) is 0 Å². The second-order valence-electron chi connectivity index (χ2n) is 2.50. The van der Waals surface area contributed by atoms with E-state index < -0.39 is 5.56 Å². The Bertz CT molecular complexity index is 136. The molecule has 0 aliphatic heterocycles. The maximum Gasteiger partial charge on any atom is 0.132 e. The van der Waals surface area contributed by atoms with E-state index in [2.05, 4.69) is 28.1 Å². The van der Waals surface area contributed by atoms with Crippen molar-refractivity contribution < 1.29 is 5.11 Å². The number of allylic oxidation sites excluding steroid dienone is 2. The molecule has 0 aromatic rings. The highest BCUT2D eigenvalue weighted by Crippen LogP contribution is 2.29. The highest BCUT2D eigenvalue weighted by molar-refractivity contribution is 9.09. The number of aliphatic hydroxyl groups excluding tert-OH is 1. The minimum absolute atomic E-state index is 0.173. The van der Waals surface area contributed by atoms with Crippen LogP contribution in [0, 0.1) is 5.92 Å². The maximum atomic E-state index is 9.05. The summed E-state index contributed by atoms with van der Waals surface area (Å²) in [6, 6.07) is 0. The number of hydrogen-bond donors (Lipinski definition) is 1. The Hall–Kier alpha value is 0.470.